The van der Waals surface area contributed by atoms with Gasteiger partial charge in [0.1, 0.15) is 0 Å². The molecule has 1 aliphatic rings. The van der Waals surface area contributed by atoms with Gasteiger partial charge in [-0.25, -0.2) is 0 Å². The average Bonchev–Trinajstić information content (AvgIpc) is 2.08. The molecular weight excluding hydrogens is 158 g/mol. The first kappa shape index (κ1) is 10.8. The largest absolute Gasteiger partial charge is 0.313 e. The zero-order valence-corrected chi connectivity index (χ0v) is 9.10. The Hall–Kier alpha value is -0.300. The van der Waals surface area contributed by atoms with Crippen molar-refractivity contribution in [2.75, 3.05) is 6.54 Å². The van der Waals surface area contributed by atoms with Gasteiger partial charge in [0.2, 0.25) is 0 Å². The predicted octanol–water partition coefficient (Wildman–Crippen LogP) is 3.12. The Morgan fingerprint density at radius 3 is 2.85 bits per heavy atom. The lowest BCUT2D eigenvalue weighted by molar-refractivity contribution is 0.169. The third kappa shape index (κ3) is 3.15. The summed E-state index contributed by atoms with van der Waals surface area (Å²) in [5.41, 5.74) is 0.499. The van der Waals surface area contributed by atoms with Crippen molar-refractivity contribution in [2.45, 2.75) is 52.0 Å². The minimum Gasteiger partial charge on any atom is -0.313 e. The van der Waals surface area contributed by atoms with E-state index in [-0.39, 0.29) is 0 Å². The third-order valence-electron chi connectivity index (χ3n) is 3.25. The number of nitrogens with one attached hydrogen (secondary N) is 1. The van der Waals surface area contributed by atoms with Crippen molar-refractivity contribution >= 4 is 0 Å². The first-order chi connectivity index (χ1) is 6.17. The van der Waals surface area contributed by atoms with Gasteiger partial charge < -0.3 is 5.32 Å². The average molecular weight is 181 g/mol. The van der Waals surface area contributed by atoms with Crippen molar-refractivity contribution < 1.29 is 0 Å². The first-order valence-corrected chi connectivity index (χ1v) is 5.51. The van der Waals surface area contributed by atoms with Crippen LogP contribution < -0.4 is 5.32 Å². The molecule has 0 bridgehead atoms. The van der Waals surface area contributed by atoms with E-state index in [1.807, 2.05) is 6.08 Å². The summed E-state index contributed by atoms with van der Waals surface area (Å²) in [6.45, 7) is 9.61. The van der Waals surface area contributed by atoms with Gasteiger partial charge in [0.05, 0.1) is 0 Å². The highest BCUT2D eigenvalue weighted by molar-refractivity contribution is 4.88. The van der Waals surface area contributed by atoms with Gasteiger partial charge in [0, 0.05) is 6.04 Å². The van der Waals surface area contributed by atoms with Crippen LogP contribution in [0.2, 0.25) is 0 Å². The molecule has 0 saturated heterocycles. The van der Waals surface area contributed by atoms with Crippen LogP contribution in [0.25, 0.3) is 0 Å². The maximum Gasteiger partial charge on any atom is 0.0118 e. The van der Waals surface area contributed by atoms with E-state index >= 15 is 0 Å². The zero-order valence-electron chi connectivity index (χ0n) is 9.10. The lowest BCUT2D eigenvalue weighted by Gasteiger charge is -2.39. The summed E-state index contributed by atoms with van der Waals surface area (Å²) in [5, 5.41) is 3.64. The molecule has 1 nitrogen and oxygen atoms in total. The van der Waals surface area contributed by atoms with Crippen LogP contribution in [-0.4, -0.2) is 12.6 Å². The molecule has 0 heterocycles. The van der Waals surface area contributed by atoms with Gasteiger partial charge >= 0.3 is 0 Å². The van der Waals surface area contributed by atoms with E-state index in [1.165, 1.54) is 25.7 Å². The lowest BCUT2D eigenvalue weighted by atomic mass is 9.73. The van der Waals surface area contributed by atoms with Gasteiger partial charge in [0.25, 0.3) is 0 Å². The third-order valence-corrected chi connectivity index (χ3v) is 3.25. The normalized spacial score (nSPS) is 27.1. The van der Waals surface area contributed by atoms with Crippen molar-refractivity contribution in [3.8, 4) is 0 Å². The molecule has 1 rings (SSSR count). The highest BCUT2D eigenvalue weighted by Gasteiger charge is 2.31. The fourth-order valence-electron chi connectivity index (χ4n) is 2.23. The number of hydrogen-bond donors (Lipinski definition) is 1. The predicted molar refractivity (Wildman–Crippen MR) is 58.9 cm³/mol. The zero-order chi connectivity index (χ0) is 9.73. The van der Waals surface area contributed by atoms with Crippen molar-refractivity contribution in [1.29, 1.82) is 0 Å². The quantitative estimate of drug-likeness (QED) is 0.519. The number of rotatable bonds is 4. The first-order valence-electron chi connectivity index (χ1n) is 5.51. The smallest absolute Gasteiger partial charge is 0.0118 e. The van der Waals surface area contributed by atoms with Crippen LogP contribution in [0, 0.1) is 5.41 Å². The molecule has 13 heavy (non-hydrogen) atoms. The van der Waals surface area contributed by atoms with Gasteiger partial charge in [0.15, 0.2) is 0 Å². The molecule has 0 spiro atoms. The molecular formula is C12H23N. The highest BCUT2D eigenvalue weighted by atomic mass is 14.9. The van der Waals surface area contributed by atoms with E-state index in [4.69, 9.17) is 0 Å². The summed E-state index contributed by atoms with van der Waals surface area (Å²) >= 11 is 0. The topological polar surface area (TPSA) is 12.0 Å². The van der Waals surface area contributed by atoms with E-state index < -0.39 is 0 Å². The van der Waals surface area contributed by atoms with Crippen LogP contribution in [0.1, 0.15) is 46.0 Å². The number of hydrogen-bond acceptors (Lipinski definition) is 1. The molecule has 1 aliphatic carbocycles. The Kier molecular flexibility index (Phi) is 3.98. The van der Waals surface area contributed by atoms with Crippen LogP contribution >= 0.6 is 0 Å². The van der Waals surface area contributed by atoms with E-state index in [9.17, 15) is 0 Å². The Labute approximate surface area is 82.6 Å². The molecule has 1 N–H and O–H groups in total. The summed E-state index contributed by atoms with van der Waals surface area (Å²) < 4.78 is 0. The summed E-state index contributed by atoms with van der Waals surface area (Å²) in [4.78, 5) is 0. The molecule has 0 aromatic rings. The lowest BCUT2D eigenvalue weighted by Crippen LogP contribution is -2.44. The van der Waals surface area contributed by atoms with Gasteiger partial charge in [-0.15, -0.1) is 6.58 Å². The Balaban J connectivity index is 2.32. The molecule has 0 aliphatic heterocycles. The maximum absolute atomic E-state index is 3.74. The van der Waals surface area contributed by atoms with Gasteiger partial charge in [-0.2, -0.15) is 0 Å². The van der Waals surface area contributed by atoms with E-state index in [0.29, 0.717) is 5.41 Å². The van der Waals surface area contributed by atoms with E-state index in [0.717, 1.165) is 19.0 Å². The summed E-state index contributed by atoms with van der Waals surface area (Å²) in [6.07, 6.45) is 8.61. The Morgan fingerprint density at radius 2 is 2.23 bits per heavy atom. The van der Waals surface area contributed by atoms with Crippen LogP contribution in [0.3, 0.4) is 0 Å². The van der Waals surface area contributed by atoms with Crippen molar-refractivity contribution in [1.82, 2.24) is 5.32 Å². The molecule has 1 fully saturated rings. The second-order valence-corrected chi connectivity index (χ2v) is 4.82. The molecule has 1 heteroatoms. The summed E-state index contributed by atoms with van der Waals surface area (Å²) in [7, 11) is 0. The van der Waals surface area contributed by atoms with Crippen LogP contribution in [0.4, 0.5) is 0 Å². The maximum atomic E-state index is 3.74. The molecule has 0 aromatic heterocycles. The standard InChI is InChI=1S/C12H23N/c1-4-5-10-13-11-8-6-7-9-12(11,2)3/h4,11,13H,1,5-10H2,2-3H3. The summed E-state index contributed by atoms with van der Waals surface area (Å²) in [5.74, 6) is 0. The van der Waals surface area contributed by atoms with Crippen molar-refractivity contribution in [2.24, 2.45) is 5.41 Å². The second kappa shape index (κ2) is 4.80. The van der Waals surface area contributed by atoms with Crippen LogP contribution in [-0.2, 0) is 0 Å². The van der Waals surface area contributed by atoms with Crippen molar-refractivity contribution in [3.63, 3.8) is 0 Å². The van der Waals surface area contributed by atoms with Crippen LogP contribution in [0.15, 0.2) is 12.7 Å². The Morgan fingerprint density at radius 1 is 1.46 bits per heavy atom. The molecule has 0 amide bonds. The minimum atomic E-state index is 0.499. The van der Waals surface area contributed by atoms with E-state index in [2.05, 4.69) is 25.7 Å². The van der Waals surface area contributed by atoms with Gasteiger partial charge in [-0.1, -0.05) is 32.8 Å². The van der Waals surface area contributed by atoms with Gasteiger partial charge in [-0.05, 0) is 31.2 Å². The molecule has 1 atom stereocenters. The minimum absolute atomic E-state index is 0.499. The highest BCUT2D eigenvalue weighted by Crippen LogP contribution is 2.35. The Bertz CT molecular complexity index is 161. The molecule has 1 unspecified atom stereocenters. The van der Waals surface area contributed by atoms with E-state index in [1.54, 1.807) is 0 Å². The molecule has 0 radical (unpaired) electrons. The SMILES string of the molecule is C=CCCNC1CCCCC1(C)C. The second-order valence-electron chi connectivity index (χ2n) is 4.82. The molecule has 0 aromatic carbocycles. The molecule has 76 valence electrons. The van der Waals surface area contributed by atoms with Crippen molar-refractivity contribution in [3.05, 3.63) is 12.7 Å². The summed E-state index contributed by atoms with van der Waals surface area (Å²) in [6, 6.07) is 0.723. The fourth-order valence-corrected chi connectivity index (χ4v) is 2.23. The fraction of sp³-hybridized carbons (Fsp3) is 0.833. The van der Waals surface area contributed by atoms with Gasteiger partial charge in [-0.3, -0.25) is 0 Å². The monoisotopic (exact) mass is 181 g/mol. The molecule has 1 saturated carbocycles. The van der Waals surface area contributed by atoms with Crippen LogP contribution in [0.5, 0.6) is 0 Å².